The smallest absolute Gasteiger partial charge is 0.318 e. The van der Waals surface area contributed by atoms with Crippen LogP contribution >= 0.6 is 0 Å². The number of ether oxygens (including phenoxy) is 1. The highest BCUT2D eigenvalue weighted by atomic mass is 16.5. The molecule has 1 aromatic rings. The monoisotopic (exact) mass is 224 g/mol. The van der Waals surface area contributed by atoms with E-state index in [9.17, 15) is 4.79 Å². The fraction of sp³-hybridized carbons (Fsp3) is 0.545. The van der Waals surface area contributed by atoms with E-state index >= 15 is 0 Å². The summed E-state index contributed by atoms with van der Waals surface area (Å²) in [6.45, 7) is 4.26. The van der Waals surface area contributed by atoms with Crippen LogP contribution in [-0.4, -0.2) is 36.7 Å². The van der Waals surface area contributed by atoms with Gasteiger partial charge in [-0.15, -0.1) is 0 Å². The van der Waals surface area contributed by atoms with Gasteiger partial charge in [0.25, 0.3) is 0 Å². The third-order valence-corrected chi connectivity index (χ3v) is 2.62. The highest BCUT2D eigenvalue weighted by Crippen LogP contribution is 2.06. The molecule has 0 saturated carbocycles. The van der Waals surface area contributed by atoms with Gasteiger partial charge in [0.15, 0.2) is 0 Å². The van der Waals surface area contributed by atoms with Crippen molar-refractivity contribution in [2.75, 3.05) is 19.8 Å². The molecular formula is C11H16N2O3. The Balaban J connectivity index is 1.83. The van der Waals surface area contributed by atoms with Gasteiger partial charge in [0.2, 0.25) is 0 Å². The number of hydrogen-bond acceptors (Lipinski definition) is 3. The summed E-state index contributed by atoms with van der Waals surface area (Å²) in [5.41, 5.74) is 0. The molecule has 88 valence electrons. The normalized spacial score (nSPS) is 20.8. The quantitative estimate of drug-likeness (QED) is 0.821. The molecule has 0 spiro atoms. The number of nitrogens with zero attached hydrogens (tertiary/aromatic N) is 1. The predicted molar refractivity (Wildman–Crippen MR) is 57.9 cm³/mol. The van der Waals surface area contributed by atoms with Crippen molar-refractivity contribution in [3.63, 3.8) is 0 Å². The number of carbonyl (C=O) groups excluding carboxylic acids is 1. The number of furan rings is 1. The molecule has 1 fully saturated rings. The Kier molecular flexibility index (Phi) is 3.46. The van der Waals surface area contributed by atoms with Crippen LogP contribution < -0.4 is 5.32 Å². The lowest BCUT2D eigenvalue weighted by molar-refractivity contribution is 0.0189. The SMILES string of the molecule is CC1COCCN1C(=O)NCc1ccco1. The van der Waals surface area contributed by atoms with Crippen LogP contribution in [0.25, 0.3) is 0 Å². The molecule has 16 heavy (non-hydrogen) atoms. The van der Waals surface area contributed by atoms with Gasteiger partial charge in [-0.1, -0.05) is 0 Å². The molecule has 2 heterocycles. The number of urea groups is 1. The van der Waals surface area contributed by atoms with E-state index in [2.05, 4.69) is 5.32 Å². The summed E-state index contributed by atoms with van der Waals surface area (Å²) in [5, 5.41) is 2.82. The first-order valence-corrected chi connectivity index (χ1v) is 5.42. The van der Waals surface area contributed by atoms with Gasteiger partial charge in [0, 0.05) is 6.54 Å². The van der Waals surface area contributed by atoms with Crippen LogP contribution in [0.3, 0.4) is 0 Å². The Morgan fingerprint density at radius 3 is 3.25 bits per heavy atom. The zero-order valence-electron chi connectivity index (χ0n) is 9.31. The van der Waals surface area contributed by atoms with Crippen molar-refractivity contribution >= 4 is 6.03 Å². The zero-order chi connectivity index (χ0) is 11.4. The van der Waals surface area contributed by atoms with Crippen LogP contribution in [0, 0.1) is 0 Å². The van der Waals surface area contributed by atoms with Gasteiger partial charge in [-0.3, -0.25) is 0 Å². The van der Waals surface area contributed by atoms with Crippen LogP contribution in [0.2, 0.25) is 0 Å². The number of amides is 2. The minimum atomic E-state index is -0.0628. The van der Waals surface area contributed by atoms with Crippen molar-refractivity contribution < 1.29 is 13.9 Å². The highest BCUT2D eigenvalue weighted by Gasteiger charge is 2.23. The average molecular weight is 224 g/mol. The lowest BCUT2D eigenvalue weighted by atomic mass is 10.3. The third kappa shape index (κ3) is 2.55. The second kappa shape index (κ2) is 5.03. The van der Waals surface area contributed by atoms with Crippen LogP contribution in [0.4, 0.5) is 4.79 Å². The number of hydrogen-bond donors (Lipinski definition) is 1. The number of rotatable bonds is 2. The summed E-state index contributed by atoms with van der Waals surface area (Å²) in [4.78, 5) is 13.6. The second-order valence-electron chi connectivity index (χ2n) is 3.86. The number of carbonyl (C=O) groups is 1. The molecular weight excluding hydrogens is 208 g/mol. The van der Waals surface area contributed by atoms with E-state index in [0.717, 1.165) is 5.76 Å². The molecule has 2 amide bonds. The molecule has 1 aliphatic heterocycles. The van der Waals surface area contributed by atoms with Gasteiger partial charge in [-0.2, -0.15) is 0 Å². The molecule has 1 N–H and O–H groups in total. The van der Waals surface area contributed by atoms with Gasteiger partial charge in [-0.05, 0) is 19.1 Å². The van der Waals surface area contributed by atoms with Crippen LogP contribution in [-0.2, 0) is 11.3 Å². The third-order valence-electron chi connectivity index (χ3n) is 2.62. The van der Waals surface area contributed by atoms with Crippen molar-refractivity contribution in [3.05, 3.63) is 24.2 Å². The zero-order valence-corrected chi connectivity index (χ0v) is 9.31. The first kappa shape index (κ1) is 11.0. The summed E-state index contributed by atoms with van der Waals surface area (Å²) in [7, 11) is 0. The van der Waals surface area contributed by atoms with Crippen molar-refractivity contribution in [1.82, 2.24) is 10.2 Å². The van der Waals surface area contributed by atoms with Gasteiger partial charge in [0.1, 0.15) is 5.76 Å². The maximum absolute atomic E-state index is 11.8. The lowest BCUT2D eigenvalue weighted by Gasteiger charge is -2.33. The first-order chi connectivity index (χ1) is 7.77. The van der Waals surface area contributed by atoms with Crippen molar-refractivity contribution in [3.8, 4) is 0 Å². The molecule has 1 unspecified atom stereocenters. The van der Waals surface area contributed by atoms with Gasteiger partial charge in [-0.25, -0.2) is 4.79 Å². The van der Waals surface area contributed by atoms with E-state index in [1.54, 1.807) is 17.2 Å². The van der Waals surface area contributed by atoms with Gasteiger partial charge >= 0.3 is 6.03 Å². The Bertz CT molecular complexity index is 337. The molecule has 5 nitrogen and oxygen atoms in total. The highest BCUT2D eigenvalue weighted by molar-refractivity contribution is 5.74. The molecule has 2 rings (SSSR count). The first-order valence-electron chi connectivity index (χ1n) is 5.42. The van der Waals surface area contributed by atoms with E-state index in [4.69, 9.17) is 9.15 Å². The van der Waals surface area contributed by atoms with E-state index in [-0.39, 0.29) is 12.1 Å². The lowest BCUT2D eigenvalue weighted by Crippen LogP contribution is -2.51. The molecule has 0 bridgehead atoms. The fourth-order valence-corrected chi connectivity index (χ4v) is 1.71. The van der Waals surface area contributed by atoms with Gasteiger partial charge in [0.05, 0.1) is 32.1 Å². The van der Waals surface area contributed by atoms with Crippen molar-refractivity contribution in [2.24, 2.45) is 0 Å². The Morgan fingerprint density at radius 1 is 1.69 bits per heavy atom. The molecule has 1 saturated heterocycles. The van der Waals surface area contributed by atoms with Crippen molar-refractivity contribution in [1.29, 1.82) is 0 Å². The van der Waals surface area contributed by atoms with Crippen molar-refractivity contribution in [2.45, 2.75) is 19.5 Å². The molecule has 5 heteroatoms. The topological polar surface area (TPSA) is 54.7 Å². The standard InChI is InChI=1S/C11H16N2O3/c1-9-8-15-6-4-13(9)11(14)12-7-10-3-2-5-16-10/h2-3,5,9H,4,6-8H2,1H3,(H,12,14). The Labute approximate surface area is 94.4 Å². The van der Waals surface area contributed by atoms with Crippen LogP contribution in [0.5, 0.6) is 0 Å². The van der Waals surface area contributed by atoms with Crippen LogP contribution in [0.15, 0.2) is 22.8 Å². The fourth-order valence-electron chi connectivity index (χ4n) is 1.71. The van der Waals surface area contributed by atoms with Gasteiger partial charge < -0.3 is 19.4 Å². The van der Waals surface area contributed by atoms with E-state index < -0.39 is 0 Å². The van der Waals surface area contributed by atoms with E-state index in [1.807, 2.05) is 13.0 Å². The minimum absolute atomic E-state index is 0.0628. The maximum atomic E-state index is 11.8. The molecule has 0 radical (unpaired) electrons. The molecule has 0 aromatic carbocycles. The maximum Gasteiger partial charge on any atom is 0.318 e. The number of morpholine rings is 1. The molecule has 1 atom stereocenters. The second-order valence-corrected chi connectivity index (χ2v) is 3.86. The predicted octanol–water partition coefficient (Wildman–Crippen LogP) is 1.21. The summed E-state index contributed by atoms with van der Waals surface area (Å²) < 4.78 is 10.4. The van der Waals surface area contributed by atoms with Crippen LogP contribution in [0.1, 0.15) is 12.7 Å². The summed E-state index contributed by atoms with van der Waals surface area (Å²) >= 11 is 0. The average Bonchev–Trinajstić information content (AvgIpc) is 2.79. The van der Waals surface area contributed by atoms with E-state index in [0.29, 0.717) is 26.3 Å². The largest absolute Gasteiger partial charge is 0.467 e. The summed E-state index contributed by atoms with van der Waals surface area (Å²) in [5.74, 6) is 0.759. The molecule has 0 aliphatic carbocycles. The molecule has 1 aliphatic rings. The minimum Gasteiger partial charge on any atom is -0.467 e. The van der Waals surface area contributed by atoms with E-state index in [1.165, 1.54) is 0 Å². The summed E-state index contributed by atoms with van der Waals surface area (Å²) in [6.07, 6.45) is 1.60. The molecule has 1 aromatic heterocycles. The number of nitrogens with one attached hydrogen (secondary N) is 1. The Morgan fingerprint density at radius 2 is 2.56 bits per heavy atom. The Hall–Kier alpha value is -1.49. The summed E-state index contributed by atoms with van der Waals surface area (Å²) in [6, 6.07) is 3.71.